The Labute approximate surface area is 174 Å². The van der Waals surface area contributed by atoms with Crippen LogP contribution in [0, 0.1) is 0 Å². The van der Waals surface area contributed by atoms with E-state index in [1.165, 1.54) is 42.7 Å². The van der Waals surface area contributed by atoms with Crippen molar-refractivity contribution < 1.29 is 0 Å². The number of rotatable bonds is 7. The normalized spacial score (nSPS) is 15.3. The maximum absolute atomic E-state index is 4.09. The van der Waals surface area contributed by atoms with E-state index in [1.807, 2.05) is 24.5 Å². The minimum absolute atomic E-state index is 0.612. The van der Waals surface area contributed by atoms with Crippen molar-refractivity contribution in [3.8, 4) is 0 Å². The molecule has 2 heterocycles. The quantitative estimate of drug-likeness (QED) is 0.643. The van der Waals surface area contributed by atoms with Gasteiger partial charge in [0.2, 0.25) is 0 Å². The number of aromatic nitrogens is 1. The summed E-state index contributed by atoms with van der Waals surface area (Å²) in [5.74, 6) is 0. The molecule has 4 rings (SSSR count). The standard InChI is InChI=1S/C25H30N4/c1-28(25-11-15-26-16-12-25)24-9-7-21(8-10-24)19-27-23-13-17-29(18-14-23)20-22-5-3-2-4-6-22/h2-12,15-16,23,27H,13-14,17-20H2,1H3. The second-order valence-corrected chi connectivity index (χ2v) is 7.85. The fourth-order valence-electron chi connectivity index (χ4n) is 3.95. The van der Waals surface area contributed by atoms with E-state index < -0.39 is 0 Å². The fourth-order valence-corrected chi connectivity index (χ4v) is 3.95. The number of benzene rings is 2. The lowest BCUT2D eigenvalue weighted by molar-refractivity contribution is 0.190. The van der Waals surface area contributed by atoms with Crippen LogP contribution in [0.2, 0.25) is 0 Å². The van der Waals surface area contributed by atoms with E-state index in [4.69, 9.17) is 0 Å². The molecule has 0 aliphatic carbocycles. The Balaban J connectivity index is 1.23. The van der Waals surface area contributed by atoms with E-state index in [0.29, 0.717) is 6.04 Å². The third-order valence-electron chi connectivity index (χ3n) is 5.81. The molecule has 2 aromatic carbocycles. The first-order valence-corrected chi connectivity index (χ1v) is 10.5. The van der Waals surface area contributed by atoms with Gasteiger partial charge in [-0.3, -0.25) is 9.88 Å². The molecule has 0 radical (unpaired) electrons. The van der Waals surface area contributed by atoms with Crippen LogP contribution in [-0.2, 0) is 13.1 Å². The van der Waals surface area contributed by atoms with E-state index >= 15 is 0 Å². The summed E-state index contributed by atoms with van der Waals surface area (Å²) in [7, 11) is 2.09. The first kappa shape index (κ1) is 19.6. The van der Waals surface area contributed by atoms with Gasteiger partial charge in [0.15, 0.2) is 0 Å². The van der Waals surface area contributed by atoms with Crippen molar-refractivity contribution >= 4 is 11.4 Å². The van der Waals surface area contributed by atoms with E-state index in [0.717, 1.165) is 18.8 Å². The number of nitrogens with one attached hydrogen (secondary N) is 1. The summed E-state index contributed by atoms with van der Waals surface area (Å²) in [6.07, 6.45) is 6.09. The Morgan fingerprint density at radius 3 is 2.21 bits per heavy atom. The largest absolute Gasteiger partial charge is 0.345 e. The van der Waals surface area contributed by atoms with Crippen molar-refractivity contribution in [2.24, 2.45) is 0 Å². The third-order valence-corrected chi connectivity index (χ3v) is 5.81. The Morgan fingerprint density at radius 1 is 0.862 bits per heavy atom. The lowest BCUT2D eigenvalue weighted by Gasteiger charge is -2.32. The molecule has 150 valence electrons. The highest BCUT2D eigenvalue weighted by molar-refractivity contribution is 5.61. The second-order valence-electron chi connectivity index (χ2n) is 7.85. The predicted molar refractivity (Wildman–Crippen MR) is 120 cm³/mol. The van der Waals surface area contributed by atoms with Crippen LogP contribution in [0.4, 0.5) is 11.4 Å². The maximum Gasteiger partial charge on any atom is 0.0438 e. The summed E-state index contributed by atoms with van der Waals surface area (Å²) >= 11 is 0. The molecule has 1 N–H and O–H groups in total. The average Bonchev–Trinajstić information content (AvgIpc) is 2.80. The van der Waals surface area contributed by atoms with Crippen molar-refractivity contribution in [3.05, 3.63) is 90.3 Å². The zero-order valence-electron chi connectivity index (χ0n) is 17.2. The van der Waals surface area contributed by atoms with Crippen molar-refractivity contribution in [2.45, 2.75) is 32.0 Å². The van der Waals surface area contributed by atoms with Crippen LogP contribution in [0.15, 0.2) is 79.1 Å². The van der Waals surface area contributed by atoms with Crippen LogP contribution in [-0.4, -0.2) is 36.1 Å². The molecule has 4 nitrogen and oxygen atoms in total. The molecule has 0 unspecified atom stereocenters. The van der Waals surface area contributed by atoms with E-state index in [2.05, 4.69) is 81.7 Å². The van der Waals surface area contributed by atoms with Crippen molar-refractivity contribution in [3.63, 3.8) is 0 Å². The molecule has 1 aliphatic rings. The van der Waals surface area contributed by atoms with Gasteiger partial charge in [0, 0.05) is 49.9 Å². The van der Waals surface area contributed by atoms with Gasteiger partial charge in [0.1, 0.15) is 0 Å². The number of likely N-dealkylation sites (tertiary alicyclic amines) is 1. The first-order valence-electron chi connectivity index (χ1n) is 10.5. The Hall–Kier alpha value is -2.69. The number of hydrogen-bond donors (Lipinski definition) is 1. The van der Waals surface area contributed by atoms with Gasteiger partial charge in [-0.05, 0) is 61.3 Å². The van der Waals surface area contributed by atoms with E-state index in [9.17, 15) is 0 Å². The molecule has 0 atom stereocenters. The summed E-state index contributed by atoms with van der Waals surface area (Å²) in [6, 6.07) is 24.3. The maximum atomic E-state index is 4.09. The van der Waals surface area contributed by atoms with Crippen LogP contribution >= 0.6 is 0 Å². The SMILES string of the molecule is CN(c1ccncc1)c1ccc(CNC2CCN(Cc3ccccc3)CC2)cc1. The van der Waals surface area contributed by atoms with Crippen molar-refractivity contribution in [2.75, 3.05) is 25.0 Å². The lowest BCUT2D eigenvalue weighted by atomic mass is 10.0. The van der Waals surface area contributed by atoms with Crippen LogP contribution in [0.3, 0.4) is 0 Å². The molecule has 0 saturated carbocycles. The Bertz CT molecular complexity index is 856. The van der Waals surface area contributed by atoms with Gasteiger partial charge in [-0.15, -0.1) is 0 Å². The van der Waals surface area contributed by atoms with Gasteiger partial charge in [0.25, 0.3) is 0 Å². The summed E-state index contributed by atoms with van der Waals surface area (Å²) in [5, 5.41) is 3.75. The first-order chi connectivity index (χ1) is 14.3. The summed E-state index contributed by atoms with van der Waals surface area (Å²) in [5.41, 5.74) is 5.08. The topological polar surface area (TPSA) is 31.4 Å². The number of hydrogen-bond acceptors (Lipinski definition) is 4. The number of nitrogens with zero attached hydrogens (tertiary/aromatic N) is 3. The molecular formula is C25H30N4. The molecular weight excluding hydrogens is 356 g/mol. The Morgan fingerprint density at radius 2 is 1.52 bits per heavy atom. The molecule has 1 saturated heterocycles. The monoisotopic (exact) mass is 386 g/mol. The highest BCUT2D eigenvalue weighted by Crippen LogP contribution is 2.23. The summed E-state index contributed by atoms with van der Waals surface area (Å²) in [6.45, 7) is 4.34. The minimum Gasteiger partial charge on any atom is -0.345 e. The molecule has 0 amide bonds. The summed E-state index contributed by atoms with van der Waals surface area (Å²) < 4.78 is 0. The number of piperidine rings is 1. The lowest BCUT2D eigenvalue weighted by Crippen LogP contribution is -2.41. The number of pyridine rings is 1. The molecule has 29 heavy (non-hydrogen) atoms. The molecule has 1 fully saturated rings. The molecule has 1 aliphatic heterocycles. The highest BCUT2D eigenvalue weighted by atomic mass is 15.1. The molecule has 1 aromatic heterocycles. The van der Waals surface area contributed by atoms with E-state index in [-0.39, 0.29) is 0 Å². The second kappa shape index (κ2) is 9.68. The van der Waals surface area contributed by atoms with Crippen LogP contribution < -0.4 is 10.2 Å². The fraction of sp³-hybridized carbons (Fsp3) is 0.320. The molecule has 0 spiro atoms. The average molecular weight is 387 g/mol. The van der Waals surface area contributed by atoms with Crippen LogP contribution in [0.5, 0.6) is 0 Å². The van der Waals surface area contributed by atoms with Crippen LogP contribution in [0.1, 0.15) is 24.0 Å². The predicted octanol–water partition coefficient (Wildman–Crippen LogP) is 4.60. The Kier molecular flexibility index (Phi) is 6.55. The zero-order valence-corrected chi connectivity index (χ0v) is 17.2. The van der Waals surface area contributed by atoms with Gasteiger partial charge < -0.3 is 10.2 Å². The van der Waals surface area contributed by atoms with Gasteiger partial charge >= 0.3 is 0 Å². The molecule has 0 bridgehead atoms. The van der Waals surface area contributed by atoms with Crippen molar-refractivity contribution in [1.29, 1.82) is 0 Å². The van der Waals surface area contributed by atoms with Crippen molar-refractivity contribution in [1.82, 2.24) is 15.2 Å². The van der Waals surface area contributed by atoms with Gasteiger partial charge in [-0.2, -0.15) is 0 Å². The molecule has 4 heteroatoms. The zero-order chi connectivity index (χ0) is 19.9. The van der Waals surface area contributed by atoms with Gasteiger partial charge in [-0.25, -0.2) is 0 Å². The van der Waals surface area contributed by atoms with Gasteiger partial charge in [0.05, 0.1) is 0 Å². The number of anilines is 2. The highest BCUT2D eigenvalue weighted by Gasteiger charge is 2.18. The smallest absolute Gasteiger partial charge is 0.0438 e. The summed E-state index contributed by atoms with van der Waals surface area (Å²) in [4.78, 5) is 8.84. The van der Waals surface area contributed by atoms with Gasteiger partial charge in [-0.1, -0.05) is 42.5 Å². The minimum atomic E-state index is 0.612. The third kappa shape index (κ3) is 5.43. The molecule has 3 aromatic rings. The van der Waals surface area contributed by atoms with Crippen LogP contribution in [0.25, 0.3) is 0 Å². The van der Waals surface area contributed by atoms with E-state index in [1.54, 1.807) is 0 Å².